The fourth-order valence-electron chi connectivity index (χ4n) is 4.04. The minimum Gasteiger partial charge on any atom is -0.497 e. The van der Waals surface area contributed by atoms with Gasteiger partial charge in [-0.15, -0.1) is 0 Å². The van der Waals surface area contributed by atoms with Crippen LogP contribution in [0.15, 0.2) is 42.5 Å². The number of fused-ring (bicyclic) bond motifs is 1. The molecule has 0 bridgehead atoms. The van der Waals surface area contributed by atoms with E-state index < -0.39 is 16.1 Å². The summed E-state index contributed by atoms with van der Waals surface area (Å²) in [4.78, 5) is 13.1. The average molecular weight is 431 g/mol. The molecule has 162 valence electrons. The van der Waals surface area contributed by atoms with Crippen molar-refractivity contribution >= 4 is 21.6 Å². The minimum absolute atomic E-state index is 0.213. The highest BCUT2D eigenvalue weighted by Gasteiger charge is 2.32. The Hall–Kier alpha value is -2.54. The molecule has 2 aromatic carbocycles. The molecule has 0 saturated carbocycles. The van der Waals surface area contributed by atoms with Crippen LogP contribution in [0, 0.1) is 0 Å². The Bertz CT molecular complexity index is 1000. The first-order valence-corrected chi connectivity index (χ1v) is 12.1. The number of hydrogen-bond donors (Lipinski definition) is 1. The van der Waals surface area contributed by atoms with Gasteiger partial charge in [0.2, 0.25) is 15.9 Å². The quantitative estimate of drug-likeness (QED) is 0.694. The number of aryl methyl sites for hydroxylation is 2. The molecular formula is C23H30N2O4S. The molecule has 1 amide bonds. The van der Waals surface area contributed by atoms with Gasteiger partial charge in [0.05, 0.1) is 25.1 Å². The van der Waals surface area contributed by atoms with Gasteiger partial charge in [0.1, 0.15) is 11.8 Å². The van der Waals surface area contributed by atoms with Crippen molar-refractivity contribution in [3.63, 3.8) is 0 Å². The van der Waals surface area contributed by atoms with Gasteiger partial charge in [-0.2, -0.15) is 0 Å². The zero-order valence-electron chi connectivity index (χ0n) is 18.0. The number of carbonyl (C=O) groups is 1. The Balaban J connectivity index is 1.83. The second-order valence-electron chi connectivity index (χ2n) is 7.79. The number of ether oxygens (including phenoxy) is 1. The van der Waals surface area contributed by atoms with Crippen LogP contribution in [0.1, 0.15) is 49.4 Å². The molecule has 2 atom stereocenters. The maximum Gasteiger partial charge on any atom is 0.244 e. The summed E-state index contributed by atoms with van der Waals surface area (Å²) in [6.07, 6.45) is 4.82. The highest BCUT2D eigenvalue weighted by molar-refractivity contribution is 7.92. The van der Waals surface area contributed by atoms with Crippen LogP contribution >= 0.6 is 0 Å². The monoisotopic (exact) mass is 430 g/mol. The molecule has 0 heterocycles. The zero-order valence-corrected chi connectivity index (χ0v) is 18.8. The number of hydrogen-bond acceptors (Lipinski definition) is 4. The lowest BCUT2D eigenvalue weighted by molar-refractivity contribution is -0.122. The summed E-state index contributed by atoms with van der Waals surface area (Å²) < 4.78 is 31.5. The third-order valence-corrected chi connectivity index (χ3v) is 6.82. The van der Waals surface area contributed by atoms with E-state index in [1.807, 2.05) is 19.9 Å². The molecule has 0 aliphatic heterocycles. The van der Waals surface area contributed by atoms with Gasteiger partial charge in [-0.3, -0.25) is 9.10 Å². The van der Waals surface area contributed by atoms with Crippen LogP contribution in [-0.2, 0) is 27.7 Å². The molecule has 6 nitrogen and oxygen atoms in total. The highest BCUT2D eigenvalue weighted by atomic mass is 32.2. The Kier molecular flexibility index (Phi) is 6.71. The zero-order chi connectivity index (χ0) is 21.9. The number of nitrogens with one attached hydrogen (secondary N) is 1. The maximum atomic E-state index is 13.1. The third kappa shape index (κ3) is 4.78. The summed E-state index contributed by atoms with van der Waals surface area (Å²) in [7, 11) is -2.12. The van der Waals surface area contributed by atoms with Crippen molar-refractivity contribution in [3.8, 4) is 5.75 Å². The normalized spacial score (nSPS) is 15.2. The first-order valence-electron chi connectivity index (χ1n) is 10.3. The largest absolute Gasteiger partial charge is 0.497 e. The molecule has 0 unspecified atom stereocenters. The molecule has 3 rings (SSSR count). The van der Waals surface area contributed by atoms with Crippen LogP contribution in [0.4, 0.5) is 5.69 Å². The van der Waals surface area contributed by atoms with Crippen molar-refractivity contribution in [3.05, 3.63) is 59.2 Å². The SMILES string of the molecule is CC[C@@H](C(=O)N[C@@H](C)c1ccc2c(c1)CCC2)N(c1ccc(OC)cc1)S(C)(=O)=O. The Morgan fingerprint density at radius 2 is 1.80 bits per heavy atom. The van der Waals surface area contributed by atoms with E-state index >= 15 is 0 Å². The van der Waals surface area contributed by atoms with Gasteiger partial charge in [0.25, 0.3) is 0 Å². The molecule has 0 saturated heterocycles. The summed E-state index contributed by atoms with van der Waals surface area (Å²) in [5.74, 6) is 0.307. The lowest BCUT2D eigenvalue weighted by Gasteiger charge is -2.31. The minimum atomic E-state index is -3.67. The second kappa shape index (κ2) is 9.08. The number of methoxy groups -OCH3 is 1. The molecule has 1 aliphatic carbocycles. The fraction of sp³-hybridized carbons (Fsp3) is 0.435. The molecule has 1 aliphatic rings. The summed E-state index contributed by atoms with van der Waals surface area (Å²) in [6, 6.07) is 12.0. The summed E-state index contributed by atoms with van der Waals surface area (Å²) >= 11 is 0. The van der Waals surface area contributed by atoms with Crippen molar-refractivity contribution in [2.75, 3.05) is 17.7 Å². The second-order valence-corrected chi connectivity index (χ2v) is 9.65. The van der Waals surface area contributed by atoms with Crippen LogP contribution in [0.25, 0.3) is 0 Å². The van der Waals surface area contributed by atoms with Gasteiger partial charge in [-0.1, -0.05) is 25.1 Å². The van der Waals surface area contributed by atoms with E-state index in [-0.39, 0.29) is 11.9 Å². The van der Waals surface area contributed by atoms with Crippen LogP contribution < -0.4 is 14.4 Å². The number of nitrogens with zero attached hydrogens (tertiary/aromatic N) is 1. The standard InChI is InChI=1S/C23H30N2O4S/c1-5-22(25(30(4,27)28)20-11-13-21(29-3)14-12-20)23(26)24-16(2)18-10-9-17-7-6-8-19(17)15-18/h9-16,22H,5-8H2,1-4H3,(H,24,26)/t16-,22-/m0/s1. The number of amides is 1. The Labute approximate surface area is 179 Å². The van der Waals surface area contributed by atoms with Crippen molar-refractivity contribution in [2.24, 2.45) is 0 Å². The fourth-order valence-corrected chi connectivity index (χ4v) is 5.26. The van der Waals surface area contributed by atoms with E-state index in [9.17, 15) is 13.2 Å². The molecule has 30 heavy (non-hydrogen) atoms. The number of benzene rings is 2. The highest BCUT2D eigenvalue weighted by Crippen LogP contribution is 2.27. The summed E-state index contributed by atoms with van der Waals surface area (Å²) in [5, 5.41) is 3.01. The molecule has 0 aromatic heterocycles. The topological polar surface area (TPSA) is 75.7 Å². The molecule has 1 N–H and O–H groups in total. The first kappa shape index (κ1) is 22.2. The smallest absolute Gasteiger partial charge is 0.244 e. The molecule has 2 aromatic rings. The molecule has 0 radical (unpaired) electrons. The maximum absolute atomic E-state index is 13.1. The van der Waals surface area contributed by atoms with Crippen molar-refractivity contribution in [1.82, 2.24) is 5.32 Å². The van der Waals surface area contributed by atoms with Gasteiger partial charge in [0, 0.05) is 0 Å². The van der Waals surface area contributed by atoms with Gasteiger partial charge >= 0.3 is 0 Å². The predicted octanol–water partition coefficient (Wildman–Crippen LogP) is 3.61. The van der Waals surface area contributed by atoms with Crippen LogP contribution in [0.5, 0.6) is 5.75 Å². The third-order valence-electron chi connectivity index (χ3n) is 5.64. The lowest BCUT2D eigenvalue weighted by atomic mass is 10.0. The van der Waals surface area contributed by atoms with Gasteiger partial charge in [-0.25, -0.2) is 8.42 Å². The lowest BCUT2D eigenvalue weighted by Crippen LogP contribution is -2.49. The average Bonchev–Trinajstić information content (AvgIpc) is 3.18. The number of sulfonamides is 1. The molecular weight excluding hydrogens is 400 g/mol. The van der Waals surface area contributed by atoms with E-state index in [0.717, 1.165) is 24.7 Å². The number of rotatable bonds is 8. The van der Waals surface area contributed by atoms with Crippen molar-refractivity contribution < 1.29 is 17.9 Å². The Morgan fingerprint density at radius 1 is 1.13 bits per heavy atom. The summed E-state index contributed by atoms with van der Waals surface area (Å²) in [5.41, 5.74) is 4.20. The first-order chi connectivity index (χ1) is 14.2. The van der Waals surface area contributed by atoms with Gasteiger partial charge in [0.15, 0.2) is 0 Å². The van der Waals surface area contributed by atoms with Crippen molar-refractivity contribution in [2.45, 2.75) is 51.6 Å². The van der Waals surface area contributed by atoms with Crippen molar-refractivity contribution in [1.29, 1.82) is 0 Å². The predicted molar refractivity (Wildman–Crippen MR) is 119 cm³/mol. The van der Waals surface area contributed by atoms with E-state index in [4.69, 9.17) is 4.74 Å². The van der Waals surface area contributed by atoms with E-state index in [0.29, 0.717) is 17.9 Å². The molecule has 7 heteroatoms. The molecule has 0 fully saturated rings. The van der Waals surface area contributed by atoms with E-state index in [1.165, 1.54) is 21.9 Å². The van der Waals surface area contributed by atoms with E-state index in [2.05, 4.69) is 17.4 Å². The Morgan fingerprint density at radius 3 is 2.40 bits per heavy atom. The number of anilines is 1. The molecule has 0 spiro atoms. The van der Waals surface area contributed by atoms with E-state index in [1.54, 1.807) is 31.4 Å². The van der Waals surface area contributed by atoms with Crippen LogP contribution in [-0.4, -0.2) is 33.7 Å². The number of carbonyl (C=O) groups excluding carboxylic acids is 1. The van der Waals surface area contributed by atoms with Crippen LogP contribution in [0.3, 0.4) is 0 Å². The van der Waals surface area contributed by atoms with Crippen LogP contribution in [0.2, 0.25) is 0 Å². The van der Waals surface area contributed by atoms with Gasteiger partial charge in [-0.05, 0) is 73.6 Å². The van der Waals surface area contributed by atoms with Gasteiger partial charge < -0.3 is 10.1 Å². The summed E-state index contributed by atoms with van der Waals surface area (Å²) in [6.45, 7) is 3.74.